The molecule has 2 atom stereocenters. The SMILES string of the molecule is CCC(CC1CC1)NC(=O)C1CCNc2ccccc21. The summed E-state index contributed by atoms with van der Waals surface area (Å²) in [7, 11) is 0. The number of benzene rings is 1. The van der Waals surface area contributed by atoms with Crippen LogP contribution in [0.4, 0.5) is 5.69 Å². The van der Waals surface area contributed by atoms with Gasteiger partial charge in [0.15, 0.2) is 0 Å². The summed E-state index contributed by atoms with van der Waals surface area (Å²) in [5.74, 6) is 1.09. The second kappa shape index (κ2) is 5.86. The fourth-order valence-corrected chi connectivity index (χ4v) is 3.13. The van der Waals surface area contributed by atoms with Gasteiger partial charge in [0.1, 0.15) is 0 Å². The van der Waals surface area contributed by atoms with Gasteiger partial charge in [0.25, 0.3) is 0 Å². The maximum atomic E-state index is 12.6. The number of carbonyl (C=O) groups excluding carboxylic acids is 1. The van der Waals surface area contributed by atoms with Crippen LogP contribution in [0, 0.1) is 5.92 Å². The number of para-hydroxylation sites is 1. The molecule has 1 amide bonds. The summed E-state index contributed by atoms with van der Waals surface area (Å²) in [6.07, 6.45) is 5.79. The molecule has 108 valence electrons. The molecule has 1 aromatic carbocycles. The first-order chi connectivity index (χ1) is 9.78. The zero-order valence-electron chi connectivity index (χ0n) is 12.2. The van der Waals surface area contributed by atoms with Crippen LogP contribution in [0.2, 0.25) is 0 Å². The molecule has 3 heteroatoms. The van der Waals surface area contributed by atoms with Crippen LogP contribution in [0.3, 0.4) is 0 Å². The third-order valence-corrected chi connectivity index (χ3v) is 4.56. The summed E-state index contributed by atoms with van der Waals surface area (Å²) in [5, 5.41) is 6.66. The molecule has 2 unspecified atom stereocenters. The Morgan fingerprint density at radius 1 is 1.35 bits per heavy atom. The van der Waals surface area contributed by atoms with Crippen molar-refractivity contribution < 1.29 is 4.79 Å². The molecule has 0 radical (unpaired) electrons. The first kappa shape index (κ1) is 13.5. The summed E-state index contributed by atoms with van der Waals surface area (Å²) >= 11 is 0. The first-order valence-corrected chi connectivity index (χ1v) is 7.91. The van der Waals surface area contributed by atoms with Crippen LogP contribution in [0.5, 0.6) is 0 Å². The Hall–Kier alpha value is -1.51. The molecule has 1 aliphatic carbocycles. The molecule has 0 bridgehead atoms. The van der Waals surface area contributed by atoms with Gasteiger partial charge < -0.3 is 10.6 Å². The highest BCUT2D eigenvalue weighted by atomic mass is 16.1. The lowest BCUT2D eigenvalue weighted by atomic mass is 9.90. The number of amides is 1. The van der Waals surface area contributed by atoms with Gasteiger partial charge in [-0.1, -0.05) is 38.0 Å². The Kier molecular flexibility index (Phi) is 3.95. The van der Waals surface area contributed by atoms with E-state index in [-0.39, 0.29) is 11.8 Å². The molecular formula is C17H24N2O. The highest BCUT2D eigenvalue weighted by Crippen LogP contribution is 2.35. The highest BCUT2D eigenvalue weighted by molar-refractivity contribution is 5.86. The lowest BCUT2D eigenvalue weighted by Crippen LogP contribution is -2.39. The minimum Gasteiger partial charge on any atom is -0.385 e. The third kappa shape index (κ3) is 2.97. The number of hydrogen-bond donors (Lipinski definition) is 2. The smallest absolute Gasteiger partial charge is 0.227 e. The van der Waals surface area contributed by atoms with Crippen molar-refractivity contribution in [3.05, 3.63) is 29.8 Å². The fourth-order valence-electron chi connectivity index (χ4n) is 3.13. The second-order valence-corrected chi connectivity index (χ2v) is 6.15. The molecule has 2 aliphatic rings. The van der Waals surface area contributed by atoms with E-state index in [1.165, 1.54) is 12.8 Å². The monoisotopic (exact) mass is 272 g/mol. The van der Waals surface area contributed by atoms with Crippen LogP contribution in [-0.2, 0) is 4.79 Å². The molecule has 1 heterocycles. The number of fused-ring (bicyclic) bond motifs is 1. The minimum absolute atomic E-state index is 0.0145. The summed E-state index contributed by atoms with van der Waals surface area (Å²) in [6.45, 7) is 3.05. The zero-order chi connectivity index (χ0) is 13.9. The van der Waals surface area contributed by atoms with Crippen molar-refractivity contribution in [3.63, 3.8) is 0 Å². The molecule has 2 N–H and O–H groups in total. The van der Waals surface area contributed by atoms with E-state index in [1.807, 2.05) is 12.1 Å². The van der Waals surface area contributed by atoms with E-state index in [2.05, 4.69) is 29.7 Å². The summed E-state index contributed by atoms with van der Waals surface area (Å²) in [4.78, 5) is 12.6. The molecule has 3 nitrogen and oxygen atoms in total. The summed E-state index contributed by atoms with van der Waals surface area (Å²) < 4.78 is 0. The lowest BCUT2D eigenvalue weighted by Gasteiger charge is -2.27. The Balaban J connectivity index is 1.67. The third-order valence-electron chi connectivity index (χ3n) is 4.56. The van der Waals surface area contributed by atoms with Crippen molar-refractivity contribution in [3.8, 4) is 0 Å². The fraction of sp³-hybridized carbons (Fsp3) is 0.588. The number of hydrogen-bond acceptors (Lipinski definition) is 2. The van der Waals surface area contributed by atoms with E-state index in [9.17, 15) is 4.79 Å². The van der Waals surface area contributed by atoms with Gasteiger partial charge >= 0.3 is 0 Å². The molecule has 1 aromatic rings. The van der Waals surface area contributed by atoms with Crippen LogP contribution >= 0.6 is 0 Å². The Morgan fingerprint density at radius 2 is 2.15 bits per heavy atom. The van der Waals surface area contributed by atoms with Crippen molar-refractivity contribution in [1.29, 1.82) is 0 Å². The number of carbonyl (C=O) groups is 1. The molecule has 1 saturated carbocycles. The van der Waals surface area contributed by atoms with E-state index in [0.717, 1.165) is 43.0 Å². The minimum atomic E-state index is 0.0145. The maximum Gasteiger partial charge on any atom is 0.227 e. The molecular weight excluding hydrogens is 248 g/mol. The van der Waals surface area contributed by atoms with Crippen molar-refractivity contribution >= 4 is 11.6 Å². The van der Waals surface area contributed by atoms with Gasteiger partial charge in [-0.25, -0.2) is 0 Å². The molecule has 1 aliphatic heterocycles. The second-order valence-electron chi connectivity index (χ2n) is 6.15. The van der Waals surface area contributed by atoms with Crippen molar-refractivity contribution in [2.45, 2.75) is 51.0 Å². The predicted octanol–water partition coefficient (Wildman–Crippen LogP) is 3.28. The molecule has 0 saturated heterocycles. The first-order valence-electron chi connectivity index (χ1n) is 7.91. The molecule has 1 fully saturated rings. The van der Waals surface area contributed by atoms with E-state index in [4.69, 9.17) is 0 Å². The van der Waals surface area contributed by atoms with Gasteiger partial charge in [-0.05, 0) is 36.8 Å². The van der Waals surface area contributed by atoms with Crippen LogP contribution in [0.1, 0.15) is 50.5 Å². The average Bonchev–Trinajstić information content (AvgIpc) is 3.29. The maximum absolute atomic E-state index is 12.6. The van der Waals surface area contributed by atoms with Crippen LogP contribution in [0.25, 0.3) is 0 Å². The molecule has 0 aromatic heterocycles. The Labute approximate surface area is 121 Å². The topological polar surface area (TPSA) is 41.1 Å². The number of nitrogens with one attached hydrogen (secondary N) is 2. The number of anilines is 1. The summed E-state index contributed by atoms with van der Waals surface area (Å²) in [5.41, 5.74) is 2.27. The zero-order valence-corrected chi connectivity index (χ0v) is 12.2. The van der Waals surface area contributed by atoms with Gasteiger partial charge in [-0.3, -0.25) is 4.79 Å². The van der Waals surface area contributed by atoms with E-state index >= 15 is 0 Å². The van der Waals surface area contributed by atoms with Crippen LogP contribution in [-0.4, -0.2) is 18.5 Å². The highest BCUT2D eigenvalue weighted by Gasteiger charge is 2.29. The van der Waals surface area contributed by atoms with E-state index in [0.29, 0.717) is 6.04 Å². The van der Waals surface area contributed by atoms with Gasteiger partial charge in [0.2, 0.25) is 5.91 Å². The van der Waals surface area contributed by atoms with Gasteiger partial charge in [-0.2, -0.15) is 0 Å². The quantitative estimate of drug-likeness (QED) is 0.863. The molecule has 20 heavy (non-hydrogen) atoms. The molecule has 0 spiro atoms. The number of rotatable bonds is 5. The predicted molar refractivity (Wildman–Crippen MR) is 81.9 cm³/mol. The lowest BCUT2D eigenvalue weighted by molar-refractivity contribution is -0.123. The average molecular weight is 272 g/mol. The van der Waals surface area contributed by atoms with E-state index in [1.54, 1.807) is 0 Å². The molecule has 3 rings (SSSR count). The van der Waals surface area contributed by atoms with Crippen molar-refractivity contribution in [2.75, 3.05) is 11.9 Å². The van der Waals surface area contributed by atoms with Gasteiger partial charge in [0.05, 0.1) is 5.92 Å². The van der Waals surface area contributed by atoms with Crippen LogP contribution in [0.15, 0.2) is 24.3 Å². The normalized spacial score (nSPS) is 22.6. The Bertz CT molecular complexity index is 482. The van der Waals surface area contributed by atoms with Crippen LogP contribution < -0.4 is 10.6 Å². The van der Waals surface area contributed by atoms with Gasteiger partial charge in [0, 0.05) is 18.3 Å². The Morgan fingerprint density at radius 3 is 2.90 bits per heavy atom. The van der Waals surface area contributed by atoms with Crippen molar-refractivity contribution in [2.24, 2.45) is 5.92 Å². The van der Waals surface area contributed by atoms with E-state index < -0.39 is 0 Å². The van der Waals surface area contributed by atoms with Gasteiger partial charge in [-0.15, -0.1) is 0 Å². The largest absolute Gasteiger partial charge is 0.385 e. The van der Waals surface area contributed by atoms with Crippen molar-refractivity contribution in [1.82, 2.24) is 5.32 Å². The standard InChI is InChI=1S/C17H24N2O/c1-2-13(11-12-7-8-12)19-17(20)15-9-10-18-16-6-4-3-5-14(15)16/h3-6,12-13,15,18H,2,7-11H2,1H3,(H,19,20). The summed E-state index contributed by atoms with van der Waals surface area (Å²) in [6, 6.07) is 8.54.